The number of hydrogen-bond acceptors (Lipinski definition) is 8. The lowest BCUT2D eigenvalue weighted by atomic mass is 10.2. The molecule has 3 N–H and O–H groups in total. The number of amides is 2. The van der Waals surface area contributed by atoms with Crippen molar-refractivity contribution in [3.05, 3.63) is 64.0 Å². The zero-order valence-electron chi connectivity index (χ0n) is 19.6. The lowest BCUT2D eigenvalue weighted by Crippen LogP contribution is -2.46. The Balaban J connectivity index is 1.46. The van der Waals surface area contributed by atoms with E-state index in [2.05, 4.69) is 20.6 Å². The smallest absolute Gasteiger partial charge is 0.287 e. The van der Waals surface area contributed by atoms with Crippen LogP contribution in [-0.2, 0) is 20.8 Å². The number of benzene rings is 2. The van der Waals surface area contributed by atoms with Gasteiger partial charge in [-0.3, -0.25) is 14.4 Å². The summed E-state index contributed by atoms with van der Waals surface area (Å²) in [7, 11) is 3.03. The van der Waals surface area contributed by atoms with Gasteiger partial charge in [0, 0.05) is 13.6 Å². The van der Waals surface area contributed by atoms with Crippen molar-refractivity contribution in [1.29, 1.82) is 0 Å². The first-order valence-corrected chi connectivity index (χ1v) is 11.1. The molecule has 1 fully saturated rings. The SMILES string of the molecule is CNC(=O)C1COC(COc2c(F)ccc3nc(C(=O)NCc4cccc(OC)c4)[nH]c(=O)c23)CO1. The predicted octanol–water partition coefficient (Wildman–Crippen LogP) is 0.910. The summed E-state index contributed by atoms with van der Waals surface area (Å²) < 4.78 is 36.3. The molecule has 2 heterocycles. The maximum absolute atomic E-state index is 14.6. The van der Waals surface area contributed by atoms with Crippen molar-refractivity contribution in [2.45, 2.75) is 18.8 Å². The standard InChI is InChI=1S/C24H25FN4O7/c1-26-22(30)18-12-34-15(10-35-18)11-36-20-16(25)6-7-17-19(20)23(31)29-21(28-17)24(32)27-9-13-4-3-5-14(8-13)33-2/h3-8,15,18H,9-12H2,1-2H3,(H,26,30)(H,27,32)(H,28,29,31). The minimum Gasteiger partial charge on any atom is -0.497 e. The average Bonchev–Trinajstić information content (AvgIpc) is 2.91. The zero-order chi connectivity index (χ0) is 25.7. The van der Waals surface area contributed by atoms with Gasteiger partial charge in [0.1, 0.15) is 23.8 Å². The van der Waals surface area contributed by atoms with Gasteiger partial charge >= 0.3 is 0 Å². The summed E-state index contributed by atoms with van der Waals surface area (Å²) in [5, 5.41) is 5.01. The third kappa shape index (κ3) is 5.61. The van der Waals surface area contributed by atoms with Crippen molar-refractivity contribution in [3.8, 4) is 11.5 Å². The summed E-state index contributed by atoms with van der Waals surface area (Å²) >= 11 is 0. The monoisotopic (exact) mass is 500 g/mol. The van der Waals surface area contributed by atoms with Crippen LogP contribution in [0.4, 0.5) is 4.39 Å². The third-order valence-electron chi connectivity index (χ3n) is 5.50. The molecule has 2 unspecified atom stereocenters. The van der Waals surface area contributed by atoms with Crippen LogP contribution in [0.3, 0.4) is 0 Å². The first-order chi connectivity index (χ1) is 17.4. The van der Waals surface area contributed by atoms with Gasteiger partial charge in [0.05, 0.1) is 25.8 Å². The van der Waals surface area contributed by atoms with Crippen LogP contribution in [0.5, 0.6) is 11.5 Å². The van der Waals surface area contributed by atoms with Gasteiger partial charge in [-0.05, 0) is 29.8 Å². The molecular weight excluding hydrogens is 475 g/mol. The number of ether oxygens (including phenoxy) is 4. The minimum atomic E-state index is -0.773. The number of rotatable bonds is 8. The number of hydrogen-bond donors (Lipinski definition) is 3. The molecule has 190 valence electrons. The van der Waals surface area contributed by atoms with Gasteiger partial charge in [-0.2, -0.15) is 0 Å². The van der Waals surface area contributed by atoms with Crippen LogP contribution in [0.2, 0.25) is 0 Å². The second kappa shape index (κ2) is 11.1. The van der Waals surface area contributed by atoms with Crippen LogP contribution in [0, 0.1) is 5.82 Å². The van der Waals surface area contributed by atoms with Gasteiger partial charge in [-0.25, -0.2) is 9.37 Å². The molecule has 0 spiro atoms. The number of aromatic amines is 1. The van der Waals surface area contributed by atoms with Crippen LogP contribution >= 0.6 is 0 Å². The normalized spacial score (nSPS) is 17.4. The fourth-order valence-corrected chi connectivity index (χ4v) is 3.60. The number of methoxy groups -OCH3 is 1. The zero-order valence-corrected chi connectivity index (χ0v) is 19.6. The number of likely N-dealkylation sites (N-methyl/N-ethyl adjacent to an activating group) is 1. The Bertz CT molecular complexity index is 1320. The fraction of sp³-hybridized carbons (Fsp3) is 0.333. The summed E-state index contributed by atoms with van der Waals surface area (Å²) in [5.41, 5.74) is 0.142. The van der Waals surface area contributed by atoms with Crippen LogP contribution < -0.4 is 25.7 Å². The number of nitrogens with one attached hydrogen (secondary N) is 3. The molecule has 0 bridgehead atoms. The predicted molar refractivity (Wildman–Crippen MR) is 126 cm³/mol. The van der Waals surface area contributed by atoms with Gasteiger partial charge in [-0.1, -0.05) is 12.1 Å². The van der Waals surface area contributed by atoms with Crippen molar-refractivity contribution in [1.82, 2.24) is 20.6 Å². The Morgan fingerprint density at radius 2 is 2.06 bits per heavy atom. The molecule has 1 aromatic heterocycles. The van der Waals surface area contributed by atoms with Crippen molar-refractivity contribution < 1.29 is 32.9 Å². The highest BCUT2D eigenvalue weighted by atomic mass is 19.1. The summed E-state index contributed by atoms with van der Waals surface area (Å²) in [6, 6.07) is 9.54. The summed E-state index contributed by atoms with van der Waals surface area (Å²) in [5.74, 6) is -1.59. The highest BCUT2D eigenvalue weighted by molar-refractivity contribution is 5.93. The van der Waals surface area contributed by atoms with Crippen LogP contribution in [-0.4, -0.2) is 68.0 Å². The van der Waals surface area contributed by atoms with E-state index >= 15 is 0 Å². The Morgan fingerprint density at radius 3 is 2.78 bits per heavy atom. The minimum absolute atomic E-state index is 0.0160. The quantitative estimate of drug-likeness (QED) is 0.415. The first-order valence-electron chi connectivity index (χ1n) is 11.1. The molecule has 0 radical (unpaired) electrons. The van der Waals surface area contributed by atoms with E-state index in [9.17, 15) is 18.8 Å². The van der Waals surface area contributed by atoms with E-state index in [4.69, 9.17) is 18.9 Å². The second-order valence-electron chi connectivity index (χ2n) is 7.92. The van der Waals surface area contributed by atoms with Crippen molar-refractivity contribution in [2.24, 2.45) is 0 Å². The van der Waals surface area contributed by atoms with E-state index in [1.165, 1.54) is 13.1 Å². The van der Waals surface area contributed by atoms with E-state index in [0.717, 1.165) is 11.6 Å². The lowest BCUT2D eigenvalue weighted by molar-refractivity contribution is -0.163. The molecule has 1 aliphatic rings. The van der Waals surface area contributed by atoms with E-state index < -0.39 is 29.5 Å². The van der Waals surface area contributed by atoms with Gasteiger partial charge in [0.15, 0.2) is 23.5 Å². The third-order valence-corrected chi connectivity index (χ3v) is 5.50. The number of halogens is 1. The van der Waals surface area contributed by atoms with Gasteiger partial charge < -0.3 is 34.6 Å². The van der Waals surface area contributed by atoms with Crippen LogP contribution in [0.15, 0.2) is 41.2 Å². The molecule has 11 nitrogen and oxygen atoms in total. The molecule has 4 rings (SSSR count). The second-order valence-corrected chi connectivity index (χ2v) is 7.92. The molecule has 36 heavy (non-hydrogen) atoms. The Labute approximate surface area is 204 Å². The van der Waals surface area contributed by atoms with E-state index in [1.807, 2.05) is 6.07 Å². The Morgan fingerprint density at radius 1 is 1.22 bits per heavy atom. The van der Waals surface area contributed by atoms with E-state index in [-0.39, 0.29) is 54.7 Å². The molecule has 2 aromatic carbocycles. The van der Waals surface area contributed by atoms with Gasteiger partial charge in [-0.15, -0.1) is 0 Å². The maximum Gasteiger partial charge on any atom is 0.287 e. The van der Waals surface area contributed by atoms with Crippen molar-refractivity contribution in [2.75, 3.05) is 34.0 Å². The molecule has 3 aromatic rings. The molecular formula is C24H25FN4O7. The van der Waals surface area contributed by atoms with Gasteiger partial charge in [0.2, 0.25) is 0 Å². The molecule has 1 saturated heterocycles. The molecule has 2 amide bonds. The number of H-pyrrole nitrogens is 1. The van der Waals surface area contributed by atoms with E-state index in [0.29, 0.717) is 5.75 Å². The number of carbonyl (C=O) groups is 2. The van der Waals surface area contributed by atoms with Crippen LogP contribution in [0.1, 0.15) is 16.2 Å². The Hall–Kier alpha value is -4.03. The van der Waals surface area contributed by atoms with Gasteiger partial charge in [0.25, 0.3) is 17.4 Å². The summed E-state index contributed by atoms with van der Waals surface area (Å²) in [4.78, 5) is 43.6. The number of carbonyl (C=O) groups excluding carboxylic acids is 2. The highest BCUT2D eigenvalue weighted by Crippen LogP contribution is 2.26. The molecule has 2 atom stereocenters. The number of nitrogens with zero attached hydrogens (tertiary/aromatic N) is 1. The number of fused-ring (bicyclic) bond motifs is 1. The Kier molecular flexibility index (Phi) is 7.76. The van der Waals surface area contributed by atoms with Crippen molar-refractivity contribution >= 4 is 22.7 Å². The molecule has 0 aliphatic carbocycles. The molecule has 1 aliphatic heterocycles. The van der Waals surface area contributed by atoms with Crippen molar-refractivity contribution in [3.63, 3.8) is 0 Å². The first kappa shape index (κ1) is 25.1. The molecule has 0 saturated carbocycles. The highest BCUT2D eigenvalue weighted by Gasteiger charge is 2.28. The number of aromatic nitrogens is 2. The largest absolute Gasteiger partial charge is 0.497 e. The average molecular weight is 500 g/mol. The summed E-state index contributed by atoms with van der Waals surface area (Å²) in [6.07, 6.45) is -1.31. The van der Waals surface area contributed by atoms with Crippen LogP contribution in [0.25, 0.3) is 10.9 Å². The molecule has 12 heteroatoms. The maximum atomic E-state index is 14.6. The summed E-state index contributed by atoms with van der Waals surface area (Å²) in [6.45, 7) is 0.122. The topological polar surface area (TPSA) is 141 Å². The van der Waals surface area contributed by atoms with E-state index in [1.54, 1.807) is 25.3 Å². The fourth-order valence-electron chi connectivity index (χ4n) is 3.60. The lowest BCUT2D eigenvalue weighted by Gasteiger charge is -2.28.